The highest BCUT2D eigenvalue weighted by molar-refractivity contribution is 7.99. The number of nitrogens with one attached hydrogen (secondary N) is 4. The maximum Gasteiger partial charge on any atom is 0.327 e. The molecule has 0 saturated carbocycles. The zero-order valence-electron chi connectivity index (χ0n) is 27.8. The molecular weight excluding hydrogens is 620 g/mol. The fourth-order valence-corrected chi connectivity index (χ4v) is 5.58. The molecule has 0 heterocycles. The van der Waals surface area contributed by atoms with Crippen LogP contribution in [0.2, 0.25) is 0 Å². The molecule has 0 aliphatic heterocycles. The fourth-order valence-electron chi connectivity index (χ4n) is 4.55. The minimum atomic E-state index is -1.19. The van der Waals surface area contributed by atoms with Crippen LogP contribution in [0.4, 0.5) is 11.4 Å². The van der Waals surface area contributed by atoms with Gasteiger partial charge in [-0.3, -0.25) is 9.59 Å². The number of hydrogen-bond donors (Lipinski definition) is 6. The Bertz CT molecular complexity index is 1430. The van der Waals surface area contributed by atoms with Crippen LogP contribution in [0.1, 0.15) is 70.9 Å². The van der Waals surface area contributed by atoms with Crippen molar-refractivity contribution in [3.05, 3.63) is 59.7 Å². The van der Waals surface area contributed by atoms with Gasteiger partial charge in [0, 0.05) is 23.5 Å². The van der Waals surface area contributed by atoms with Gasteiger partial charge in [0.25, 0.3) is 0 Å². The van der Waals surface area contributed by atoms with Gasteiger partial charge in [-0.2, -0.15) is 17.0 Å². The molecule has 2 amide bonds. The van der Waals surface area contributed by atoms with Crippen molar-refractivity contribution in [1.29, 1.82) is 5.26 Å². The van der Waals surface area contributed by atoms with E-state index in [0.717, 1.165) is 11.3 Å². The van der Waals surface area contributed by atoms with E-state index in [1.54, 1.807) is 30.5 Å². The third kappa shape index (κ3) is 14.6. The molecule has 0 saturated heterocycles. The summed E-state index contributed by atoms with van der Waals surface area (Å²) in [5.41, 5.74) is 2.86. The number of aliphatic imine (C=N–C) groups is 1. The van der Waals surface area contributed by atoms with Gasteiger partial charge in [0.15, 0.2) is 0 Å². The first-order valence-corrected chi connectivity index (χ1v) is 16.5. The zero-order valence-corrected chi connectivity index (χ0v) is 28.6. The van der Waals surface area contributed by atoms with Gasteiger partial charge < -0.3 is 31.5 Å². The van der Waals surface area contributed by atoms with Crippen LogP contribution in [0.25, 0.3) is 0 Å². The summed E-state index contributed by atoms with van der Waals surface area (Å²) in [6.07, 6.45) is 2.49. The van der Waals surface area contributed by atoms with E-state index >= 15 is 0 Å². The first-order chi connectivity index (χ1) is 22.1. The first kappa shape index (κ1) is 38.6. The molecule has 0 radical (unpaired) electrons. The third-order valence-corrected chi connectivity index (χ3v) is 7.94. The van der Waals surface area contributed by atoms with Crippen molar-refractivity contribution in [1.82, 2.24) is 10.6 Å². The van der Waals surface area contributed by atoms with Gasteiger partial charge >= 0.3 is 11.9 Å². The second-order valence-electron chi connectivity index (χ2n) is 12.9. The fraction of sp³-hybridized carbons (Fsp3) is 0.471. The number of carbonyl (C=O) groups is 4. The van der Waals surface area contributed by atoms with Crippen LogP contribution in [0.5, 0.6) is 0 Å². The van der Waals surface area contributed by atoms with Gasteiger partial charge in [-0.1, -0.05) is 64.4 Å². The molecule has 12 nitrogen and oxygen atoms in total. The van der Waals surface area contributed by atoms with E-state index in [-0.39, 0.29) is 47.5 Å². The van der Waals surface area contributed by atoms with Gasteiger partial charge in [0.1, 0.15) is 12.1 Å². The molecule has 0 fully saturated rings. The van der Waals surface area contributed by atoms with Crippen molar-refractivity contribution in [2.24, 2.45) is 16.3 Å². The number of guanidine groups is 1. The number of carbonyl (C=O) groups excluding carboxylic acids is 2. The number of aryl methyl sites for hydroxylation is 1. The zero-order chi connectivity index (χ0) is 35.1. The number of nitriles is 1. The molecule has 13 heteroatoms. The molecule has 0 aliphatic carbocycles. The summed E-state index contributed by atoms with van der Waals surface area (Å²) >= 11 is 1.20. The molecule has 0 aliphatic rings. The first-order valence-electron chi connectivity index (χ1n) is 15.4. The molecule has 6 N–H and O–H groups in total. The summed E-state index contributed by atoms with van der Waals surface area (Å²) in [6, 6.07) is 12.4. The van der Waals surface area contributed by atoms with Crippen molar-refractivity contribution < 1.29 is 29.4 Å². The highest BCUT2D eigenvalue weighted by Gasteiger charge is 2.28. The normalized spacial score (nSPS) is 13.5. The monoisotopic (exact) mass is 666 g/mol. The van der Waals surface area contributed by atoms with Crippen molar-refractivity contribution in [3.63, 3.8) is 0 Å². The molecule has 254 valence electrons. The quantitative estimate of drug-likeness (QED) is 0.0602. The predicted octanol–water partition coefficient (Wildman–Crippen LogP) is 5.18. The Hall–Kier alpha value is -4.57. The third-order valence-electron chi connectivity index (χ3n) is 6.85. The average molecular weight is 667 g/mol. The van der Waals surface area contributed by atoms with Crippen LogP contribution in [-0.4, -0.2) is 63.5 Å². The Morgan fingerprint density at radius 2 is 1.45 bits per heavy atom. The summed E-state index contributed by atoms with van der Waals surface area (Å²) in [5.74, 6) is -3.10. The lowest BCUT2D eigenvalue weighted by atomic mass is 9.89. The molecular formula is C34H46N6O6S. The Morgan fingerprint density at radius 3 is 1.94 bits per heavy atom. The number of aliphatic carboxylic acids is 2. The highest BCUT2D eigenvalue weighted by Crippen LogP contribution is 2.26. The minimum absolute atomic E-state index is 0.0587. The summed E-state index contributed by atoms with van der Waals surface area (Å²) in [5, 5.41) is 39.8. The number of thioether (sulfide) groups is 1. The van der Waals surface area contributed by atoms with Crippen LogP contribution in [0.3, 0.4) is 0 Å². The second kappa shape index (κ2) is 18.5. The summed E-state index contributed by atoms with van der Waals surface area (Å²) < 4.78 is 0. The summed E-state index contributed by atoms with van der Waals surface area (Å²) in [4.78, 5) is 53.2. The number of benzene rings is 2. The highest BCUT2D eigenvalue weighted by atomic mass is 32.2. The molecule has 0 spiro atoms. The Balaban J connectivity index is 2.05. The van der Waals surface area contributed by atoms with E-state index in [2.05, 4.69) is 26.3 Å². The SMILES string of the molecule is Cc1ccc(NC(=NC#N)Nc2ccc(C(CC(C)C)C(=O)NC(CCSCC(NC(=O)CC(C)(C)C)C(=O)O)C(=O)O)cc2)cc1. The largest absolute Gasteiger partial charge is 0.480 e. The van der Waals surface area contributed by atoms with Crippen LogP contribution in [-0.2, 0) is 19.2 Å². The number of amides is 2. The van der Waals surface area contributed by atoms with Gasteiger partial charge in [0.2, 0.25) is 24.0 Å². The number of rotatable bonds is 16. The van der Waals surface area contributed by atoms with Crippen LogP contribution in [0, 0.1) is 29.7 Å². The summed E-state index contributed by atoms with van der Waals surface area (Å²) in [6.45, 7) is 11.6. The van der Waals surface area contributed by atoms with Crippen LogP contribution in [0.15, 0.2) is 53.5 Å². The van der Waals surface area contributed by atoms with Crippen LogP contribution >= 0.6 is 11.8 Å². The molecule has 47 heavy (non-hydrogen) atoms. The number of hydrogen-bond acceptors (Lipinski definition) is 7. The Kier molecular flexibility index (Phi) is 15.2. The Labute approximate surface area is 280 Å². The van der Waals surface area contributed by atoms with Crippen molar-refractivity contribution in [2.75, 3.05) is 22.1 Å². The molecule has 3 unspecified atom stereocenters. The molecule has 2 aromatic carbocycles. The molecule has 0 bridgehead atoms. The van der Waals surface area contributed by atoms with E-state index < -0.39 is 35.8 Å². The predicted molar refractivity (Wildman–Crippen MR) is 185 cm³/mol. The number of carboxylic acid groups (broad SMARTS) is 2. The van der Waals surface area contributed by atoms with Gasteiger partial charge in [-0.05, 0) is 66.7 Å². The van der Waals surface area contributed by atoms with Gasteiger partial charge in [-0.25, -0.2) is 9.59 Å². The minimum Gasteiger partial charge on any atom is -0.480 e. The summed E-state index contributed by atoms with van der Waals surface area (Å²) in [7, 11) is 0. The topological polar surface area (TPSA) is 193 Å². The van der Waals surface area contributed by atoms with Gasteiger partial charge in [-0.15, -0.1) is 4.99 Å². The number of anilines is 2. The van der Waals surface area contributed by atoms with Crippen molar-refractivity contribution in [2.45, 2.75) is 78.8 Å². The second-order valence-corrected chi connectivity index (χ2v) is 14.1. The van der Waals surface area contributed by atoms with E-state index in [9.17, 15) is 29.4 Å². The van der Waals surface area contributed by atoms with E-state index in [1.165, 1.54) is 11.8 Å². The van der Waals surface area contributed by atoms with E-state index in [0.29, 0.717) is 17.7 Å². The van der Waals surface area contributed by atoms with Crippen LogP contribution < -0.4 is 21.3 Å². The molecule has 2 rings (SSSR count). The molecule has 0 aromatic heterocycles. The average Bonchev–Trinajstić information content (AvgIpc) is 2.97. The maximum absolute atomic E-state index is 13.4. The smallest absolute Gasteiger partial charge is 0.327 e. The van der Waals surface area contributed by atoms with E-state index in [1.807, 2.05) is 65.8 Å². The van der Waals surface area contributed by atoms with Crippen molar-refractivity contribution in [3.8, 4) is 6.19 Å². The molecule has 3 atom stereocenters. The van der Waals surface area contributed by atoms with Crippen molar-refractivity contribution >= 4 is 52.8 Å². The lowest BCUT2D eigenvalue weighted by Gasteiger charge is -2.23. The number of nitrogens with zero attached hydrogens (tertiary/aromatic N) is 2. The maximum atomic E-state index is 13.4. The standard InChI is InChI=1S/C34H46N6O6S/c1-21(2)17-26(23-9-13-25(14-10-23)38-33(36-20-35)37-24-11-7-22(3)8-12-24)30(42)40-27(31(43)44)15-16-47-19-28(32(45)46)39-29(41)18-34(4,5)6/h7-14,21,26-28H,15-19H2,1-6H3,(H,39,41)(H,40,42)(H,43,44)(H,45,46)(H2,36,37,38). The number of carboxylic acids is 2. The molecule has 2 aromatic rings. The van der Waals surface area contributed by atoms with E-state index in [4.69, 9.17) is 5.26 Å². The lowest BCUT2D eigenvalue weighted by Crippen LogP contribution is -2.44. The van der Waals surface area contributed by atoms with Gasteiger partial charge in [0.05, 0.1) is 5.92 Å². The lowest BCUT2D eigenvalue weighted by molar-refractivity contribution is -0.142. The Morgan fingerprint density at radius 1 is 0.894 bits per heavy atom.